The average Bonchev–Trinajstić information content (AvgIpc) is 2.81. The Bertz CT molecular complexity index is 565. The zero-order chi connectivity index (χ0) is 12.7. The van der Waals surface area contributed by atoms with E-state index in [0.29, 0.717) is 21.2 Å². The van der Waals surface area contributed by atoms with Crippen LogP contribution in [0.2, 0.25) is 0 Å². The molecule has 0 aliphatic heterocycles. The molecule has 2 rings (SSSR count). The van der Waals surface area contributed by atoms with E-state index in [0.717, 1.165) is 0 Å². The van der Waals surface area contributed by atoms with E-state index >= 15 is 0 Å². The molecule has 0 atom stereocenters. The lowest BCUT2D eigenvalue weighted by molar-refractivity contribution is 1.10. The van der Waals surface area contributed by atoms with Gasteiger partial charge in [-0.3, -0.25) is 0 Å². The van der Waals surface area contributed by atoms with Crippen molar-refractivity contribution >= 4 is 29.1 Å². The van der Waals surface area contributed by atoms with E-state index in [1.807, 2.05) is 12.1 Å². The number of hydrogen-bond acceptors (Lipinski definition) is 7. The highest BCUT2D eigenvalue weighted by Gasteiger charge is 1.99. The number of nitrogens with two attached hydrogens (primary N) is 1. The molecule has 84 valence electrons. The van der Waals surface area contributed by atoms with Gasteiger partial charge in [-0.1, -0.05) is 11.3 Å². The van der Waals surface area contributed by atoms with Gasteiger partial charge in [-0.15, -0.1) is 22.8 Å². The van der Waals surface area contributed by atoms with Gasteiger partial charge in [0.15, 0.2) is 0 Å². The van der Waals surface area contributed by atoms with Crippen LogP contribution in [0.25, 0.3) is 0 Å². The molecule has 0 aliphatic rings. The second-order valence-corrected chi connectivity index (χ2v) is 4.11. The molecule has 17 heavy (non-hydrogen) atoms. The summed E-state index contributed by atoms with van der Waals surface area (Å²) in [4.78, 5) is 0.695. The Kier molecular flexibility index (Phi) is 4.95. The van der Waals surface area contributed by atoms with Gasteiger partial charge in [-0.2, -0.15) is 10.5 Å². The van der Waals surface area contributed by atoms with Gasteiger partial charge in [0.2, 0.25) is 5.13 Å². The molecule has 0 saturated carbocycles. The molecule has 0 aliphatic carbocycles. The van der Waals surface area contributed by atoms with E-state index in [-0.39, 0.29) is 0 Å². The predicted octanol–water partition coefficient (Wildman–Crippen LogP) is 1.84. The largest absolute Gasteiger partial charge is 0.374 e. The quantitative estimate of drug-likeness (QED) is 0.705. The first-order valence-electron chi connectivity index (χ1n) is 4.32. The third-order valence-electron chi connectivity index (χ3n) is 1.62. The van der Waals surface area contributed by atoms with Gasteiger partial charge in [0, 0.05) is 4.90 Å². The van der Waals surface area contributed by atoms with Crippen LogP contribution < -0.4 is 5.73 Å². The van der Waals surface area contributed by atoms with Gasteiger partial charge < -0.3 is 5.73 Å². The summed E-state index contributed by atoms with van der Waals surface area (Å²) in [5.41, 5.74) is 7.48. The minimum absolute atomic E-state index is 0.375. The first kappa shape index (κ1) is 13.0. The highest BCUT2D eigenvalue weighted by atomic mass is 32.1. The molecule has 0 unspecified atom stereocenters. The number of aromatic nitrogens is 2. The third-order valence-corrected chi connectivity index (χ3v) is 2.42. The molecule has 2 aromatic rings. The van der Waals surface area contributed by atoms with Crippen molar-refractivity contribution in [2.45, 2.75) is 4.90 Å². The summed E-state index contributed by atoms with van der Waals surface area (Å²) in [5, 5.41) is 24.5. The van der Waals surface area contributed by atoms with Crippen LogP contribution in [0.3, 0.4) is 0 Å². The Morgan fingerprint density at radius 3 is 2.35 bits per heavy atom. The molecular weight excluding hydrogens is 254 g/mol. The fourth-order valence-corrected chi connectivity index (χ4v) is 1.40. The molecule has 1 heterocycles. The van der Waals surface area contributed by atoms with Crippen molar-refractivity contribution < 1.29 is 0 Å². The zero-order valence-corrected chi connectivity index (χ0v) is 10.2. The molecule has 5 nitrogen and oxygen atoms in total. The Balaban J connectivity index is 0.000000202. The minimum Gasteiger partial charge on any atom is -0.374 e. The van der Waals surface area contributed by atoms with Crippen molar-refractivity contribution in [1.82, 2.24) is 10.2 Å². The second-order valence-electron chi connectivity index (χ2n) is 2.73. The lowest BCUT2D eigenvalue weighted by Gasteiger charge is -1.93. The Morgan fingerprint density at radius 2 is 1.94 bits per heavy atom. The smallest absolute Gasteiger partial charge is 0.202 e. The number of anilines is 1. The molecule has 1 aromatic heterocycles. The van der Waals surface area contributed by atoms with Gasteiger partial charge >= 0.3 is 0 Å². The van der Waals surface area contributed by atoms with Crippen LogP contribution in [-0.4, -0.2) is 10.2 Å². The molecule has 7 heteroatoms. The summed E-state index contributed by atoms with van der Waals surface area (Å²) in [6.07, 6.45) is 0. The topological polar surface area (TPSA) is 99.4 Å². The van der Waals surface area contributed by atoms with Gasteiger partial charge in [0.1, 0.15) is 17.6 Å². The molecular formula is C10H7N5S2. The summed E-state index contributed by atoms with van der Waals surface area (Å²) in [6.45, 7) is 0. The van der Waals surface area contributed by atoms with Gasteiger partial charge in [-0.05, 0) is 18.2 Å². The van der Waals surface area contributed by atoms with Crippen molar-refractivity contribution in [3.8, 4) is 12.1 Å². The normalized spacial score (nSPS) is 8.41. The molecule has 1 aromatic carbocycles. The van der Waals surface area contributed by atoms with Crippen LogP contribution in [0.4, 0.5) is 5.13 Å². The monoisotopic (exact) mass is 261 g/mol. The number of benzene rings is 1. The number of hydrogen-bond donors (Lipinski definition) is 2. The van der Waals surface area contributed by atoms with Crippen molar-refractivity contribution in [3.05, 3.63) is 34.8 Å². The van der Waals surface area contributed by atoms with E-state index in [2.05, 4.69) is 22.8 Å². The Hall–Kier alpha value is -2.09. The SMILES string of the molecule is N#Cc1ccc(S)cc1C#N.Nc1nncs1. The molecule has 0 amide bonds. The van der Waals surface area contributed by atoms with E-state index in [9.17, 15) is 0 Å². The van der Waals surface area contributed by atoms with Gasteiger partial charge in [0.05, 0.1) is 11.1 Å². The number of nitrogen functional groups attached to an aromatic ring is 1. The molecule has 0 bridgehead atoms. The Labute approximate surface area is 108 Å². The fourth-order valence-electron chi connectivity index (χ4n) is 0.904. The predicted molar refractivity (Wildman–Crippen MR) is 67.4 cm³/mol. The maximum absolute atomic E-state index is 8.54. The number of thiol groups is 1. The summed E-state index contributed by atoms with van der Waals surface area (Å²) in [6, 6.07) is 8.67. The van der Waals surface area contributed by atoms with Crippen molar-refractivity contribution in [3.63, 3.8) is 0 Å². The number of nitriles is 2. The van der Waals surface area contributed by atoms with Crippen molar-refractivity contribution in [1.29, 1.82) is 10.5 Å². The second kappa shape index (κ2) is 6.48. The fraction of sp³-hybridized carbons (Fsp3) is 0. The third kappa shape index (κ3) is 4.11. The standard InChI is InChI=1S/C8H4N2S.C2H3N3S/c9-4-6-1-2-8(11)3-7(6)5-10;3-2-5-4-1-6-2/h1-3,11H;1H,(H2,3,5). The number of nitrogens with zero attached hydrogens (tertiary/aromatic N) is 4. The van der Waals surface area contributed by atoms with Crippen LogP contribution in [0.15, 0.2) is 28.6 Å². The van der Waals surface area contributed by atoms with Crippen LogP contribution in [0.5, 0.6) is 0 Å². The van der Waals surface area contributed by atoms with Crippen molar-refractivity contribution in [2.75, 3.05) is 5.73 Å². The highest BCUT2D eigenvalue weighted by Crippen LogP contribution is 2.12. The maximum Gasteiger partial charge on any atom is 0.202 e. The first-order valence-corrected chi connectivity index (χ1v) is 5.65. The van der Waals surface area contributed by atoms with Crippen molar-refractivity contribution in [2.24, 2.45) is 0 Å². The average molecular weight is 261 g/mol. The van der Waals surface area contributed by atoms with E-state index in [4.69, 9.17) is 16.3 Å². The molecule has 0 spiro atoms. The molecule has 0 fully saturated rings. The van der Waals surface area contributed by atoms with Crippen LogP contribution in [0.1, 0.15) is 11.1 Å². The van der Waals surface area contributed by atoms with Crippen LogP contribution in [-0.2, 0) is 0 Å². The van der Waals surface area contributed by atoms with E-state index < -0.39 is 0 Å². The zero-order valence-electron chi connectivity index (χ0n) is 8.53. The van der Waals surface area contributed by atoms with E-state index in [1.54, 1.807) is 23.7 Å². The summed E-state index contributed by atoms with van der Waals surface area (Å²) >= 11 is 5.37. The summed E-state index contributed by atoms with van der Waals surface area (Å²) in [5.74, 6) is 0. The lowest BCUT2D eigenvalue weighted by atomic mass is 10.1. The van der Waals surface area contributed by atoms with Gasteiger partial charge in [-0.25, -0.2) is 0 Å². The highest BCUT2D eigenvalue weighted by molar-refractivity contribution is 7.80. The first-order chi connectivity index (χ1) is 8.17. The van der Waals surface area contributed by atoms with Crippen LogP contribution in [0, 0.1) is 22.7 Å². The minimum atomic E-state index is 0.375. The van der Waals surface area contributed by atoms with E-state index in [1.165, 1.54) is 11.3 Å². The lowest BCUT2D eigenvalue weighted by Crippen LogP contribution is -1.81. The molecule has 0 saturated heterocycles. The molecule has 2 N–H and O–H groups in total. The van der Waals surface area contributed by atoms with Crippen LogP contribution >= 0.6 is 24.0 Å². The van der Waals surface area contributed by atoms with Gasteiger partial charge in [0.25, 0.3) is 0 Å². The summed E-state index contributed by atoms with van der Waals surface area (Å²) < 4.78 is 0. The number of rotatable bonds is 0. The Morgan fingerprint density at radius 1 is 1.24 bits per heavy atom. The maximum atomic E-state index is 8.54. The molecule has 0 radical (unpaired) electrons. The summed E-state index contributed by atoms with van der Waals surface area (Å²) in [7, 11) is 0.